The highest BCUT2D eigenvalue weighted by molar-refractivity contribution is 7.91. The Morgan fingerprint density at radius 2 is 1.74 bits per heavy atom. The Kier molecular flexibility index (Phi) is 7.29. The molecule has 3 aromatic carbocycles. The molecule has 0 radical (unpaired) electrons. The van der Waals surface area contributed by atoms with Gasteiger partial charge < -0.3 is 4.74 Å². The van der Waals surface area contributed by atoms with Gasteiger partial charge in [0, 0.05) is 6.42 Å². The Morgan fingerprint density at radius 3 is 2.41 bits per heavy atom. The Balaban J connectivity index is 1.60. The minimum absolute atomic E-state index is 0.141. The summed E-state index contributed by atoms with van der Waals surface area (Å²) in [5.74, 6) is 0.0126. The summed E-state index contributed by atoms with van der Waals surface area (Å²) in [7, 11) is -2.10. The van der Waals surface area contributed by atoms with Crippen LogP contribution in [0.4, 0.5) is 5.13 Å². The molecule has 4 aromatic rings. The summed E-state index contributed by atoms with van der Waals surface area (Å²) >= 11 is 1.45. The lowest BCUT2D eigenvalue weighted by Gasteiger charge is -2.20. The average Bonchev–Trinajstić information content (AvgIpc) is 3.30. The molecule has 0 spiro atoms. The highest BCUT2D eigenvalue weighted by Gasteiger charge is 2.24. The van der Waals surface area contributed by atoms with Crippen LogP contribution >= 0.6 is 11.3 Å². The molecule has 0 unspecified atom stereocenters. The van der Waals surface area contributed by atoms with Crippen molar-refractivity contribution in [3.8, 4) is 5.75 Å². The van der Waals surface area contributed by atoms with Crippen LogP contribution in [0.2, 0.25) is 0 Å². The number of carbonyl (C=O) groups is 1. The van der Waals surface area contributed by atoms with E-state index in [4.69, 9.17) is 9.72 Å². The molecule has 0 bridgehead atoms. The normalized spacial score (nSPS) is 11.5. The fourth-order valence-corrected chi connectivity index (χ4v) is 5.94. The van der Waals surface area contributed by atoms with E-state index in [0.29, 0.717) is 17.4 Å². The second-order valence-electron chi connectivity index (χ2n) is 7.82. The molecule has 6 nitrogen and oxygen atoms in total. The lowest BCUT2D eigenvalue weighted by molar-refractivity contribution is -0.118. The highest BCUT2D eigenvalue weighted by atomic mass is 32.2. The van der Waals surface area contributed by atoms with Crippen LogP contribution in [0.1, 0.15) is 24.5 Å². The van der Waals surface area contributed by atoms with Crippen LogP contribution in [0.3, 0.4) is 0 Å². The number of fused-ring (bicyclic) bond motifs is 1. The first kappa shape index (κ1) is 23.9. The van der Waals surface area contributed by atoms with Crippen molar-refractivity contribution in [3.63, 3.8) is 0 Å². The molecular weight excluding hydrogens is 468 g/mol. The molecule has 1 heterocycles. The number of hydrogen-bond donors (Lipinski definition) is 0. The van der Waals surface area contributed by atoms with Crippen molar-refractivity contribution in [2.45, 2.75) is 31.2 Å². The van der Waals surface area contributed by atoms with Crippen molar-refractivity contribution in [2.75, 3.05) is 17.8 Å². The van der Waals surface area contributed by atoms with Crippen molar-refractivity contribution in [2.24, 2.45) is 0 Å². The van der Waals surface area contributed by atoms with Crippen molar-refractivity contribution in [3.05, 3.63) is 83.9 Å². The van der Waals surface area contributed by atoms with Gasteiger partial charge >= 0.3 is 0 Å². The predicted molar refractivity (Wildman–Crippen MR) is 136 cm³/mol. The van der Waals surface area contributed by atoms with Crippen LogP contribution in [0.25, 0.3) is 10.2 Å². The number of benzene rings is 3. The minimum atomic E-state index is -3.62. The first-order chi connectivity index (χ1) is 16.4. The summed E-state index contributed by atoms with van der Waals surface area (Å²) in [6.07, 6.45) is 0.699. The Labute approximate surface area is 203 Å². The first-order valence-electron chi connectivity index (χ1n) is 11.0. The SMILES string of the molecule is CCc1cccc2sc(N(Cc3ccccc3)C(=O)CCS(=O)(=O)c3ccc(OC)cc3)nc12. The van der Waals surface area contributed by atoms with Gasteiger partial charge in [0.05, 0.1) is 34.5 Å². The third kappa shape index (κ3) is 5.29. The van der Waals surface area contributed by atoms with E-state index in [2.05, 4.69) is 6.92 Å². The molecule has 34 heavy (non-hydrogen) atoms. The molecule has 0 aliphatic heterocycles. The minimum Gasteiger partial charge on any atom is -0.497 e. The van der Waals surface area contributed by atoms with E-state index in [-0.39, 0.29) is 23.0 Å². The number of methoxy groups -OCH3 is 1. The molecule has 0 saturated carbocycles. The second kappa shape index (κ2) is 10.4. The monoisotopic (exact) mass is 494 g/mol. The zero-order valence-corrected chi connectivity index (χ0v) is 20.7. The van der Waals surface area contributed by atoms with Crippen molar-refractivity contribution < 1.29 is 17.9 Å². The van der Waals surface area contributed by atoms with Gasteiger partial charge in [0.25, 0.3) is 0 Å². The topological polar surface area (TPSA) is 76.6 Å². The van der Waals surface area contributed by atoms with E-state index in [1.165, 1.54) is 30.6 Å². The first-order valence-corrected chi connectivity index (χ1v) is 13.5. The number of aromatic nitrogens is 1. The van der Waals surface area contributed by atoms with Gasteiger partial charge in [-0.25, -0.2) is 13.4 Å². The van der Waals surface area contributed by atoms with Gasteiger partial charge in [0.1, 0.15) is 5.75 Å². The highest BCUT2D eigenvalue weighted by Crippen LogP contribution is 2.32. The summed E-state index contributed by atoms with van der Waals surface area (Å²) in [4.78, 5) is 19.9. The summed E-state index contributed by atoms with van der Waals surface area (Å²) in [6, 6.07) is 21.9. The number of thiazole rings is 1. The number of aryl methyl sites for hydroxylation is 1. The van der Waals surface area contributed by atoms with Crippen molar-refractivity contribution >= 4 is 42.4 Å². The van der Waals surface area contributed by atoms with E-state index >= 15 is 0 Å². The molecule has 0 atom stereocenters. The Hall–Kier alpha value is -3.23. The number of ether oxygens (including phenoxy) is 1. The summed E-state index contributed by atoms with van der Waals surface area (Å²) in [5.41, 5.74) is 2.96. The molecule has 4 rings (SSSR count). The van der Waals surface area contributed by atoms with E-state index in [9.17, 15) is 13.2 Å². The third-order valence-corrected chi connectivity index (χ3v) is 8.37. The number of anilines is 1. The third-order valence-electron chi connectivity index (χ3n) is 5.59. The number of amides is 1. The van der Waals surface area contributed by atoms with Gasteiger partial charge in [-0.3, -0.25) is 9.69 Å². The van der Waals surface area contributed by atoms with Crippen LogP contribution in [0.5, 0.6) is 5.75 Å². The van der Waals surface area contributed by atoms with Gasteiger partial charge in [-0.15, -0.1) is 0 Å². The maximum atomic E-state index is 13.4. The Morgan fingerprint density at radius 1 is 1.00 bits per heavy atom. The van der Waals surface area contributed by atoms with Crippen molar-refractivity contribution in [1.82, 2.24) is 4.98 Å². The molecule has 0 saturated heterocycles. The fourth-order valence-electron chi connectivity index (χ4n) is 3.68. The summed E-state index contributed by atoms with van der Waals surface area (Å²) in [5, 5.41) is 0.576. The van der Waals surface area contributed by atoms with Crippen LogP contribution in [-0.2, 0) is 27.6 Å². The lowest BCUT2D eigenvalue weighted by Crippen LogP contribution is -2.31. The molecular formula is C26H26N2O4S2. The second-order valence-corrected chi connectivity index (χ2v) is 10.9. The molecule has 0 N–H and O–H groups in total. The number of carbonyl (C=O) groups excluding carboxylic acids is 1. The smallest absolute Gasteiger partial charge is 0.230 e. The quantitative estimate of drug-likeness (QED) is 0.317. The summed E-state index contributed by atoms with van der Waals surface area (Å²) < 4.78 is 31.8. The standard InChI is InChI=1S/C26H26N2O4S2/c1-3-20-10-7-11-23-25(20)27-26(33-23)28(18-19-8-5-4-6-9-19)24(29)16-17-34(30,31)22-14-12-21(32-2)13-15-22/h4-15H,3,16-18H2,1-2H3. The number of hydrogen-bond acceptors (Lipinski definition) is 6. The van der Waals surface area contributed by atoms with Crippen LogP contribution in [0.15, 0.2) is 77.7 Å². The summed E-state index contributed by atoms with van der Waals surface area (Å²) in [6.45, 7) is 2.40. The molecule has 1 aromatic heterocycles. The molecule has 0 fully saturated rings. The molecule has 1 amide bonds. The van der Waals surface area contributed by atoms with E-state index in [0.717, 1.165) is 27.8 Å². The van der Waals surface area contributed by atoms with Crippen LogP contribution in [-0.4, -0.2) is 32.2 Å². The Bertz CT molecular complexity index is 1380. The van der Waals surface area contributed by atoms with Gasteiger partial charge in [-0.05, 0) is 47.9 Å². The maximum Gasteiger partial charge on any atom is 0.230 e. The largest absolute Gasteiger partial charge is 0.497 e. The number of para-hydroxylation sites is 1. The van der Waals surface area contributed by atoms with Gasteiger partial charge in [-0.1, -0.05) is 60.7 Å². The average molecular weight is 495 g/mol. The number of rotatable bonds is 9. The molecule has 0 aliphatic rings. The number of nitrogens with zero attached hydrogens (tertiary/aromatic N) is 2. The fraction of sp³-hybridized carbons (Fsp3) is 0.231. The van der Waals surface area contributed by atoms with Crippen LogP contribution < -0.4 is 9.64 Å². The zero-order valence-electron chi connectivity index (χ0n) is 19.1. The molecule has 176 valence electrons. The van der Waals surface area contributed by atoms with Gasteiger partial charge in [-0.2, -0.15) is 0 Å². The number of sulfone groups is 1. The van der Waals surface area contributed by atoms with Gasteiger partial charge in [0.15, 0.2) is 15.0 Å². The van der Waals surface area contributed by atoms with E-state index in [1.807, 2.05) is 48.5 Å². The zero-order chi connectivity index (χ0) is 24.1. The molecule has 0 aliphatic carbocycles. The van der Waals surface area contributed by atoms with E-state index < -0.39 is 9.84 Å². The predicted octanol–water partition coefficient (Wildman–Crippen LogP) is 5.26. The van der Waals surface area contributed by atoms with Crippen LogP contribution in [0, 0.1) is 0 Å². The van der Waals surface area contributed by atoms with E-state index in [1.54, 1.807) is 17.0 Å². The molecule has 8 heteroatoms. The maximum absolute atomic E-state index is 13.4. The lowest BCUT2D eigenvalue weighted by atomic mass is 10.1. The van der Waals surface area contributed by atoms with Gasteiger partial charge in [0.2, 0.25) is 5.91 Å². The van der Waals surface area contributed by atoms with Crippen molar-refractivity contribution in [1.29, 1.82) is 0 Å².